The van der Waals surface area contributed by atoms with Crippen LogP contribution in [0.3, 0.4) is 0 Å². The maximum atomic E-state index is 5.33. The quantitative estimate of drug-likeness (QED) is 0.341. The fraction of sp³-hybridized carbons (Fsp3) is 0.217. The Labute approximate surface area is 172 Å². The molecule has 4 nitrogen and oxygen atoms in total. The summed E-state index contributed by atoms with van der Waals surface area (Å²) in [4.78, 5) is 0. The van der Waals surface area contributed by atoms with Crippen LogP contribution in [0.25, 0.3) is 0 Å². The molecule has 2 N–H and O–H groups in total. The summed E-state index contributed by atoms with van der Waals surface area (Å²) in [6.45, 7) is 7.30. The van der Waals surface area contributed by atoms with E-state index < -0.39 is 0 Å². The molecule has 0 aliphatic rings. The summed E-state index contributed by atoms with van der Waals surface area (Å²) in [6.07, 6.45) is 3.84. The topological polar surface area (TPSA) is 41.4 Å². The lowest BCUT2D eigenvalue weighted by Gasteiger charge is -2.10. The van der Waals surface area contributed by atoms with Gasteiger partial charge in [-0.25, -0.2) is 0 Å². The molecule has 1 aromatic heterocycles. The molecule has 5 heteroatoms. The molecular formula is C23H26N4S. The van der Waals surface area contributed by atoms with Crippen molar-refractivity contribution in [1.82, 2.24) is 9.99 Å². The zero-order valence-electron chi connectivity index (χ0n) is 16.5. The number of anilines is 1. The average molecular weight is 391 g/mol. The van der Waals surface area contributed by atoms with Crippen LogP contribution in [0.15, 0.2) is 72.0 Å². The minimum atomic E-state index is 0.463. The number of aromatic nitrogens is 1. The van der Waals surface area contributed by atoms with Gasteiger partial charge in [-0.1, -0.05) is 50.2 Å². The highest BCUT2D eigenvalue weighted by atomic mass is 32.1. The van der Waals surface area contributed by atoms with Gasteiger partial charge in [0.15, 0.2) is 5.11 Å². The van der Waals surface area contributed by atoms with E-state index in [1.165, 1.54) is 16.7 Å². The van der Waals surface area contributed by atoms with E-state index in [0.29, 0.717) is 11.0 Å². The molecule has 0 aliphatic carbocycles. The molecule has 0 saturated carbocycles. The maximum absolute atomic E-state index is 5.33. The van der Waals surface area contributed by atoms with E-state index in [2.05, 4.69) is 83.8 Å². The van der Waals surface area contributed by atoms with Crippen LogP contribution >= 0.6 is 12.2 Å². The number of nitrogens with one attached hydrogen (secondary N) is 2. The normalized spacial score (nSPS) is 11.1. The van der Waals surface area contributed by atoms with Gasteiger partial charge in [0.25, 0.3) is 0 Å². The minimum absolute atomic E-state index is 0.463. The van der Waals surface area contributed by atoms with Gasteiger partial charge in [0.05, 0.1) is 11.9 Å². The van der Waals surface area contributed by atoms with Crippen LogP contribution in [0.4, 0.5) is 5.69 Å². The molecule has 0 amide bonds. The number of hydrogen-bond acceptors (Lipinski definition) is 2. The molecule has 0 saturated heterocycles. The molecule has 0 fully saturated rings. The van der Waals surface area contributed by atoms with Crippen molar-refractivity contribution in [2.24, 2.45) is 5.10 Å². The number of benzene rings is 2. The van der Waals surface area contributed by atoms with Crippen molar-refractivity contribution < 1.29 is 0 Å². The Morgan fingerprint density at radius 1 is 1.07 bits per heavy atom. The fourth-order valence-corrected chi connectivity index (χ4v) is 3.10. The van der Waals surface area contributed by atoms with Gasteiger partial charge in [0.2, 0.25) is 0 Å². The van der Waals surface area contributed by atoms with Crippen LogP contribution in [0.1, 0.15) is 42.1 Å². The number of thiocarbonyl (C=S) groups is 1. The summed E-state index contributed by atoms with van der Waals surface area (Å²) in [7, 11) is 0. The van der Waals surface area contributed by atoms with E-state index in [4.69, 9.17) is 12.2 Å². The first kappa shape index (κ1) is 19.8. The number of nitrogens with zero attached hydrogens (tertiary/aromatic N) is 2. The highest BCUT2D eigenvalue weighted by molar-refractivity contribution is 7.80. The number of rotatable bonds is 6. The number of aryl methyl sites for hydroxylation is 1. The summed E-state index contributed by atoms with van der Waals surface area (Å²) in [5.41, 5.74) is 8.72. The standard InChI is InChI=1S/C23H26N4S/c1-17(2)19-10-12-21(13-11-19)25-23(28)26-24-15-22-9-6-14-27(22)16-20-8-5-4-7-18(20)3/h4-15,17H,16H2,1-3H3,(H2,25,26,28)/b24-15-. The van der Waals surface area contributed by atoms with Gasteiger partial charge in [-0.05, 0) is 66.0 Å². The molecule has 28 heavy (non-hydrogen) atoms. The highest BCUT2D eigenvalue weighted by Gasteiger charge is 2.03. The third-order valence-electron chi connectivity index (χ3n) is 4.66. The van der Waals surface area contributed by atoms with Gasteiger partial charge in [0.1, 0.15) is 0 Å². The first-order chi connectivity index (χ1) is 13.5. The van der Waals surface area contributed by atoms with Gasteiger partial charge < -0.3 is 9.88 Å². The largest absolute Gasteiger partial charge is 0.342 e. The van der Waals surface area contributed by atoms with Crippen LogP contribution in [-0.4, -0.2) is 15.9 Å². The Balaban J connectivity index is 1.57. The smallest absolute Gasteiger partial charge is 0.191 e. The van der Waals surface area contributed by atoms with E-state index in [1.54, 1.807) is 6.21 Å². The summed E-state index contributed by atoms with van der Waals surface area (Å²) >= 11 is 5.33. The van der Waals surface area contributed by atoms with Gasteiger partial charge >= 0.3 is 0 Å². The SMILES string of the molecule is Cc1ccccc1Cn1cccc1/C=N\NC(=S)Nc1ccc(C(C)C)cc1. The summed E-state index contributed by atoms with van der Waals surface area (Å²) in [6, 6.07) is 20.7. The first-order valence-electron chi connectivity index (χ1n) is 9.42. The Morgan fingerprint density at radius 2 is 1.82 bits per heavy atom. The van der Waals surface area contributed by atoms with Gasteiger partial charge in [-0.3, -0.25) is 5.43 Å². The summed E-state index contributed by atoms with van der Waals surface area (Å²) in [5, 5.41) is 7.89. The average Bonchev–Trinajstić information content (AvgIpc) is 3.11. The molecule has 0 atom stereocenters. The third-order valence-corrected chi connectivity index (χ3v) is 4.86. The van der Waals surface area contributed by atoms with Gasteiger partial charge in [-0.2, -0.15) is 5.10 Å². The molecule has 144 valence electrons. The predicted molar refractivity (Wildman–Crippen MR) is 122 cm³/mol. The van der Waals surface area contributed by atoms with Crippen molar-refractivity contribution in [2.45, 2.75) is 33.2 Å². The van der Waals surface area contributed by atoms with Crippen LogP contribution in [-0.2, 0) is 6.54 Å². The minimum Gasteiger partial charge on any atom is -0.342 e. The fourth-order valence-electron chi connectivity index (χ4n) is 2.93. The molecule has 3 rings (SSSR count). The molecule has 0 aliphatic heterocycles. The Hall–Kier alpha value is -2.92. The molecule has 0 unspecified atom stereocenters. The lowest BCUT2D eigenvalue weighted by atomic mass is 10.0. The third kappa shape index (κ3) is 5.30. The summed E-state index contributed by atoms with van der Waals surface area (Å²) < 4.78 is 2.16. The summed E-state index contributed by atoms with van der Waals surface area (Å²) in [5.74, 6) is 0.514. The number of hydrazone groups is 1. The predicted octanol–water partition coefficient (Wildman–Crippen LogP) is 5.29. The van der Waals surface area contributed by atoms with Crippen molar-refractivity contribution >= 4 is 29.2 Å². The molecular weight excluding hydrogens is 364 g/mol. The van der Waals surface area contributed by atoms with E-state index >= 15 is 0 Å². The van der Waals surface area contributed by atoms with E-state index in [9.17, 15) is 0 Å². The number of hydrogen-bond donors (Lipinski definition) is 2. The van der Waals surface area contributed by atoms with Crippen molar-refractivity contribution in [3.05, 3.63) is 89.2 Å². The molecule has 0 spiro atoms. The van der Waals surface area contributed by atoms with Crippen LogP contribution in [0.5, 0.6) is 0 Å². The van der Waals surface area contributed by atoms with Crippen LogP contribution in [0, 0.1) is 6.92 Å². The van der Waals surface area contributed by atoms with Gasteiger partial charge in [-0.15, -0.1) is 0 Å². The second-order valence-corrected chi connectivity index (χ2v) is 7.50. The molecule has 1 heterocycles. The monoisotopic (exact) mass is 390 g/mol. The molecule has 2 aromatic carbocycles. The molecule has 0 bridgehead atoms. The Kier molecular flexibility index (Phi) is 6.61. The zero-order valence-corrected chi connectivity index (χ0v) is 17.3. The van der Waals surface area contributed by atoms with Crippen molar-refractivity contribution in [2.75, 3.05) is 5.32 Å². The van der Waals surface area contributed by atoms with Gasteiger partial charge in [0, 0.05) is 18.4 Å². The second kappa shape index (κ2) is 9.33. The van der Waals surface area contributed by atoms with Crippen molar-refractivity contribution in [3.63, 3.8) is 0 Å². The maximum Gasteiger partial charge on any atom is 0.191 e. The Bertz CT molecular complexity index is 955. The highest BCUT2D eigenvalue weighted by Crippen LogP contribution is 2.17. The molecule has 3 aromatic rings. The van der Waals surface area contributed by atoms with Crippen molar-refractivity contribution in [1.29, 1.82) is 0 Å². The van der Waals surface area contributed by atoms with E-state index in [1.807, 2.05) is 24.3 Å². The first-order valence-corrected chi connectivity index (χ1v) is 9.83. The van der Waals surface area contributed by atoms with Crippen molar-refractivity contribution in [3.8, 4) is 0 Å². The van der Waals surface area contributed by atoms with Crippen LogP contribution < -0.4 is 10.7 Å². The lowest BCUT2D eigenvalue weighted by molar-refractivity contribution is 0.793. The lowest BCUT2D eigenvalue weighted by Crippen LogP contribution is -2.24. The van der Waals surface area contributed by atoms with Crippen LogP contribution in [0.2, 0.25) is 0 Å². The Morgan fingerprint density at radius 3 is 2.54 bits per heavy atom. The zero-order chi connectivity index (χ0) is 19.9. The van der Waals surface area contributed by atoms with E-state index in [0.717, 1.165) is 17.9 Å². The second-order valence-electron chi connectivity index (χ2n) is 7.09. The van der Waals surface area contributed by atoms with E-state index in [-0.39, 0.29) is 0 Å². The molecule has 0 radical (unpaired) electrons.